The van der Waals surface area contributed by atoms with Crippen LogP contribution in [-0.2, 0) is 0 Å². The molecular formula is C9H7N3OS. The highest BCUT2D eigenvalue weighted by atomic mass is 32.1. The van der Waals surface area contributed by atoms with Crippen LogP contribution in [0.5, 0.6) is 0 Å². The Morgan fingerprint density at radius 2 is 2.29 bits per heavy atom. The number of oxime groups is 1. The molecule has 0 saturated heterocycles. The summed E-state index contributed by atoms with van der Waals surface area (Å²) in [7, 11) is 0. The van der Waals surface area contributed by atoms with Gasteiger partial charge in [-0.3, -0.25) is 5.41 Å². The van der Waals surface area contributed by atoms with Crippen molar-refractivity contribution in [3.05, 3.63) is 34.8 Å². The van der Waals surface area contributed by atoms with E-state index in [1.807, 2.05) is 5.38 Å². The van der Waals surface area contributed by atoms with E-state index in [1.165, 1.54) is 11.3 Å². The van der Waals surface area contributed by atoms with Gasteiger partial charge in [-0.2, -0.15) is 0 Å². The van der Waals surface area contributed by atoms with Crippen molar-refractivity contribution in [1.29, 1.82) is 5.41 Å². The van der Waals surface area contributed by atoms with Gasteiger partial charge in [0.15, 0.2) is 0 Å². The normalized spacial score (nSPS) is 18.7. The number of hydrogen-bond donors (Lipinski definition) is 2. The number of thiazole rings is 1. The lowest BCUT2D eigenvalue weighted by Crippen LogP contribution is -2.11. The van der Waals surface area contributed by atoms with Gasteiger partial charge in [0.05, 0.1) is 16.9 Å². The SMILES string of the molecule is N=C1C=C(c2cscn2)C=C/C1=N/O. The van der Waals surface area contributed by atoms with Crippen LogP contribution in [0.2, 0.25) is 0 Å². The molecule has 1 aliphatic carbocycles. The van der Waals surface area contributed by atoms with Gasteiger partial charge in [0.25, 0.3) is 0 Å². The van der Waals surface area contributed by atoms with E-state index in [-0.39, 0.29) is 11.4 Å². The Morgan fingerprint density at radius 1 is 1.43 bits per heavy atom. The summed E-state index contributed by atoms with van der Waals surface area (Å²) in [5.41, 5.74) is 3.90. The molecule has 0 aliphatic heterocycles. The molecule has 0 atom stereocenters. The predicted molar refractivity (Wildman–Crippen MR) is 56.2 cm³/mol. The zero-order valence-electron chi connectivity index (χ0n) is 7.14. The van der Waals surface area contributed by atoms with Crippen LogP contribution in [0.3, 0.4) is 0 Å². The average molecular weight is 205 g/mol. The van der Waals surface area contributed by atoms with E-state index < -0.39 is 0 Å². The lowest BCUT2D eigenvalue weighted by Gasteiger charge is -2.05. The average Bonchev–Trinajstić information content (AvgIpc) is 2.70. The topological polar surface area (TPSA) is 69.3 Å². The molecule has 4 nitrogen and oxygen atoms in total. The second kappa shape index (κ2) is 3.55. The maximum Gasteiger partial charge on any atom is 0.127 e. The quantitative estimate of drug-likeness (QED) is 0.418. The van der Waals surface area contributed by atoms with Gasteiger partial charge in [-0.15, -0.1) is 11.3 Å². The van der Waals surface area contributed by atoms with E-state index in [0.29, 0.717) is 0 Å². The Hall–Kier alpha value is -1.75. The van der Waals surface area contributed by atoms with Gasteiger partial charge < -0.3 is 5.21 Å². The van der Waals surface area contributed by atoms with E-state index in [2.05, 4.69) is 10.1 Å². The molecule has 1 aromatic heterocycles. The van der Waals surface area contributed by atoms with Crippen LogP contribution in [-0.4, -0.2) is 21.6 Å². The summed E-state index contributed by atoms with van der Waals surface area (Å²) in [6, 6.07) is 0. The number of nitrogens with one attached hydrogen (secondary N) is 1. The lowest BCUT2D eigenvalue weighted by molar-refractivity contribution is 0.320. The van der Waals surface area contributed by atoms with Gasteiger partial charge >= 0.3 is 0 Å². The second-order valence-electron chi connectivity index (χ2n) is 2.71. The van der Waals surface area contributed by atoms with Crippen molar-refractivity contribution in [2.75, 3.05) is 0 Å². The molecule has 0 saturated carbocycles. The van der Waals surface area contributed by atoms with E-state index in [4.69, 9.17) is 10.6 Å². The first-order chi connectivity index (χ1) is 6.81. The molecule has 1 heterocycles. The standard InChI is InChI=1S/C9H7N3OS/c10-7-3-6(1-2-8(7)12-13)9-4-14-5-11-9/h1-5,10,13H/b10-7?,12-8-. The van der Waals surface area contributed by atoms with Crippen molar-refractivity contribution in [2.24, 2.45) is 5.16 Å². The molecule has 0 aromatic carbocycles. The largest absolute Gasteiger partial charge is 0.410 e. The van der Waals surface area contributed by atoms with Crippen LogP contribution in [0.15, 0.2) is 34.3 Å². The molecule has 0 amide bonds. The van der Waals surface area contributed by atoms with Gasteiger partial charge in [0, 0.05) is 11.0 Å². The number of rotatable bonds is 1. The highest BCUT2D eigenvalue weighted by molar-refractivity contribution is 7.07. The second-order valence-corrected chi connectivity index (χ2v) is 3.42. The molecule has 5 heteroatoms. The van der Waals surface area contributed by atoms with Crippen molar-refractivity contribution in [2.45, 2.75) is 0 Å². The molecule has 0 fully saturated rings. The highest BCUT2D eigenvalue weighted by Gasteiger charge is 2.10. The Kier molecular flexibility index (Phi) is 2.24. The fraction of sp³-hybridized carbons (Fsp3) is 0. The minimum Gasteiger partial charge on any atom is -0.410 e. The summed E-state index contributed by atoms with van der Waals surface area (Å²) < 4.78 is 0. The first-order valence-electron chi connectivity index (χ1n) is 3.90. The zero-order valence-corrected chi connectivity index (χ0v) is 7.95. The van der Waals surface area contributed by atoms with Crippen molar-refractivity contribution in [1.82, 2.24) is 4.98 Å². The minimum absolute atomic E-state index is 0.193. The number of aromatic nitrogens is 1. The predicted octanol–water partition coefficient (Wildman–Crippen LogP) is 1.95. The van der Waals surface area contributed by atoms with Crippen LogP contribution in [0.25, 0.3) is 5.57 Å². The van der Waals surface area contributed by atoms with Gasteiger partial charge in [-0.1, -0.05) is 11.2 Å². The minimum atomic E-state index is 0.193. The Morgan fingerprint density at radius 3 is 2.86 bits per heavy atom. The molecule has 1 aromatic rings. The fourth-order valence-electron chi connectivity index (χ4n) is 1.14. The third-order valence-electron chi connectivity index (χ3n) is 1.83. The van der Waals surface area contributed by atoms with Crippen LogP contribution in [0, 0.1) is 5.41 Å². The summed E-state index contributed by atoms with van der Waals surface area (Å²) in [6.07, 6.45) is 5.00. The molecule has 2 N–H and O–H groups in total. The van der Waals surface area contributed by atoms with Gasteiger partial charge in [0.2, 0.25) is 0 Å². The summed E-state index contributed by atoms with van der Waals surface area (Å²) in [5.74, 6) is 0. The zero-order chi connectivity index (χ0) is 9.97. The molecule has 70 valence electrons. The third kappa shape index (κ3) is 1.49. The van der Waals surface area contributed by atoms with Crippen LogP contribution in [0.1, 0.15) is 5.69 Å². The van der Waals surface area contributed by atoms with Crippen LogP contribution >= 0.6 is 11.3 Å². The van der Waals surface area contributed by atoms with E-state index in [0.717, 1.165) is 11.3 Å². The smallest absolute Gasteiger partial charge is 0.127 e. The van der Waals surface area contributed by atoms with Crippen molar-refractivity contribution in [3.8, 4) is 0 Å². The van der Waals surface area contributed by atoms with Crippen molar-refractivity contribution >= 4 is 28.3 Å². The number of nitrogens with zero attached hydrogens (tertiary/aromatic N) is 2. The van der Waals surface area contributed by atoms with E-state index >= 15 is 0 Å². The molecule has 0 spiro atoms. The molecule has 0 radical (unpaired) electrons. The van der Waals surface area contributed by atoms with Gasteiger partial charge in [-0.25, -0.2) is 4.98 Å². The lowest BCUT2D eigenvalue weighted by atomic mass is 10.0. The molecular weight excluding hydrogens is 198 g/mol. The molecule has 1 aliphatic rings. The van der Waals surface area contributed by atoms with Crippen LogP contribution < -0.4 is 0 Å². The van der Waals surface area contributed by atoms with Crippen LogP contribution in [0.4, 0.5) is 0 Å². The fourth-order valence-corrected chi connectivity index (χ4v) is 1.70. The summed E-state index contributed by atoms with van der Waals surface area (Å²) >= 11 is 1.51. The van der Waals surface area contributed by atoms with Gasteiger partial charge in [-0.05, 0) is 12.2 Å². The van der Waals surface area contributed by atoms with Crippen molar-refractivity contribution in [3.63, 3.8) is 0 Å². The highest BCUT2D eigenvalue weighted by Crippen LogP contribution is 2.18. The summed E-state index contributed by atoms with van der Waals surface area (Å²) in [6.45, 7) is 0. The summed E-state index contributed by atoms with van der Waals surface area (Å²) in [4.78, 5) is 4.13. The monoisotopic (exact) mass is 205 g/mol. The maximum absolute atomic E-state index is 8.53. The Labute approximate surface area is 84.4 Å². The molecule has 0 unspecified atom stereocenters. The molecule has 14 heavy (non-hydrogen) atoms. The van der Waals surface area contributed by atoms with E-state index in [9.17, 15) is 0 Å². The summed E-state index contributed by atoms with van der Waals surface area (Å²) in [5, 5.41) is 21.0. The van der Waals surface area contributed by atoms with E-state index in [1.54, 1.807) is 23.7 Å². The van der Waals surface area contributed by atoms with Gasteiger partial charge in [0.1, 0.15) is 5.71 Å². The first kappa shape index (κ1) is 8.83. The number of allylic oxidation sites excluding steroid dienone is 4. The van der Waals surface area contributed by atoms with Crippen molar-refractivity contribution < 1.29 is 5.21 Å². The number of hydrogen-bond acceptors (Lipinski definition) is 5. The maximum atomic E-state index is 8.53. The Bertz CT molecular complexity index is 443. The molecule has 2 rings (SSSR count). The molecule has 0 bridgehead atoms. The Balaban J connectivity index is 2.35. The first-order valence-corrected chi connectivity index (χ1v) is 4.85. The third-order valence-corrected chi connectivity index (χ3v) is 2.42.